The quantitative estimate of drug-likeness (QED) is 0.749. The van der Waals surface area contributed by atoms with E-state index in [2.05, 4.69) is 0 Å². The summed E-state index contributed by atoms with van der Waals surface area (Å²) in [6.45, 7) is 5.72. The fourth-order valence-corrected chi connectivity index (χ4v) is 1.91. The van der Waals surface area contributed by atoms with Crippen LogP contribution in [0.15, 0.2) is 12.1 Å². The zero-order valence-corrected chi connectivity index (χ0v) is 11.9. The highest BCUT2D eigenvalue weighted by Gasteiger charge is 2.31. The Labute approximate surface area is 112 Å². The van der Waals surface area contributed by atoms with Crippen molar-refractivity contribution in [2.24, 2.45) is 5.41 Å². The molecule has 0 aromatic heterocycles. The summed E-state index contributed by atoms with van der Waals surface area (Å²) in [7, 11) is 1.48. The summed E-state index contributed by atoms with van der Waals surface area (Å²) < 4.78 is 5.18. The molecule has 4 heteroatoms. The predicted octanol–water partition coefficient (Wildman–Crippen LogP) is 4.62. The van der Waals surface area contributed by atoms with Gasteiger partial charge in [0.15, 0.2) is 5.78 Å². The molecule has 0 bridgehead atoms. The fraction of sp³-hybridized carbons (Fsp3) is 0.462. The van der Waals surface area contributed by atoms with Crippen LogP contribution in [0.25, 0.3) is 0 Å². The third kappa shape index (κ3) is 2.75. The van der Waals surface area contributed by atoms with E-state index in [0.29, 0.717) is 21.4 Å². The fourth-order valence-electron chi connectivity index (χ4n) is 1.44. The van der Waals surface area contributed by atoms with Crippen molar-refractivity contribution in [3.8, 4) is 5.75 Å². The standard InChI is InChI=1S/C13H16Cl2O2/c1-5-13(2,3)12(16)10-8(14)6-7-9(15)11(10)17-4/h6-7H,5H2,1-4H3. The number of carbonyl (C=O) groups is 1. The second kappa shape index (κ2) is 5.28. The van der Waals surface area contributed by atoms with Gasteiger partial charge in [-0.3, -0.25) is 4.79 Å². The van der Waals surface area contributed by atoms with Crippen LogP contribution >= 0.6 is 23.2 Å². The number of hydrogen-bond donors (Lipinski definition) is 0. The van der Waals surface area contributed by atoms with Gasteiger partial charge in [0.05, 0.1) is 22.7 Å². The highest BCUT2D eigenvalue weighted by atomic mass is 35.5. The topological polar surface area (TPSA) is 26.3 Å². The number of ketones is 1. The highest BCUT2D eigenvalue weighted by molar-refractivity contribution is 6.37. The Bertz CT molecular complexity index is 439. The van der Waals surface area contributed by atoms with Gasteiger partial charge in [-0.05, 0) is 18.6 Å². The van der Waals surface area contributed by atoms with Crippen LogP contribution in [-0.2, 0) is 0 Å². The summed E-state index contributed by atoms with van der Waals surface area (Å²) in [4.78, 5) is 12.4. The minimum absolute atomic E-state index is 0.0515. The molecule has 1 rings (SSSR count). The van der Waals surface area contributed by atoms with E-state index < -0.39 is 5.41 Å². The lowest BCUT2D eigenvalue weighted by atomic mass is 9.81. The second-order valence-electron chi connectivity index (χ2n) is 4.50. The molecule has 17 heavy (non-hydrogen) atoms. The van der Waals surface area contributed by atoms with Crippen LogP contribution in [0.2, 0.25) is 10.0 Å². The van der Waals surface area contributed by atoms with E-state index >= 15 is 0 Å². The summed E-state index contributed by atoms with van der Waals surface area (Å²) in [5.41, 5.74) is -0.116. The number of hydrogen-bond acceptors (Lipinski definition) is 2. The van der Waals surface area contributed by atoms with Gasteiger partial charge >= 0.3 is 0 Å². The minimum atomic E-state index is -0.485. The number of rotatable bonds is 4. The van der Waals surface area contributed by atoms with Crippen LogP contribution < -0.4 is 4.74 Å². The maximum absolute atomic E-state index is 12.4. The average Bonchev–Trinajstić information content (AvgIpc) is 2.30. The molecule has 2 nitrogen and oxygen atoms in total. The molecule has 0 radical (unpaired) electrons. The van der Waals surface area contributed by atoms with Crippen molar-refractivity contribution >= 4 is 29.0 Å². The summed E-state index contributed by atoms with van der Waals surface area (Å²) in [6, 6.07) is 3.24. The number of ether oxygens (including phenoxy) is 1. The molecule has 0 unspecified atom stereocenters. The summed E-state index contributed by atoms with van der Waals surface area (Å²) >= 11 is 12.1. The monoisotopic (exact) mass is 274 g/mol. The number of halogens is 2. The smallest absolute Gasteiger partial charge is 0.173 e. The minimum Gasteiger partial charge on any atom is -0.494 e. The maximum atomic E-state index is 12.4. The van der Waals surface area contributed by atoms with E-state index in [9.17, 15) is 4.79 Å². The molecule has 94 valence electrons. The Balaban J connectivity index is 3.40. The molecule has 0 heterocycles. The van der Waals surface area contributed by atoms with Gasteiger partial charge in [0.1, 0.15) is 5.75 Å². The van der Waals surface area contributed by atoms with Gasteiger partial charge < -0.3 is 4.74 Å². The third-order valence-electron chi connectivity index (χ3n) is 2.99. The highest BCUT2D eigenvalue weighted by Crippen LogP contribution is 2.38. The Morgan fingerprint density at radius 2 is 1.82 bits per heavy atom. The van der Waals surface area contributed by atoms with E-state index in [1.54, 1.807) is 12.1 Å². The molecule has 1 aromatic rings. The molecule has 0 saturated carbocycles. The Hall–Kier alpha value is -0.730. The molecule has 0 aliphatic heterocycles. The normalized spacial score (nSPS) is 11.4. The number of benzene rings is 1. The Morgan fingerprint density at radius 1 is 1.29 bits per heavy atom. The van der Waals surface area contributed by atoms with Crippen molar-refractivity contribution in [1.29, 1.82) is 0 Å². The van der Waals surface area contributed by atoms with Gasteiger partial charge in [-0.25, -0.2) is 0 Å². The largest absolute Gasteiger partial charge is 0.494 e. The molecule has 0 aliphatic carbocycles. The van der Waals surface area contributed by atoms with Crippen molar-refractivity contribution in [3.05, 3.63) is 27.7 Å². The summed E-state index contributed by atoms with van der Waals surface area (Å²) in [5.74, 6) is 0.301. The van der Waals surface area contributed by atoms with Gasteiger partial charge in [-0.15, -0.1) is 0 Å². The van der Waals surface area contributed by atoms with Crippen molar-refractivity contribution in [2.75, 3.05) is 7.11 Å². The van der Waals surface area contributed by atoms with E-state index in [4.69, 9.17) is 27.9 Å². The van der Waals surface area contributed by atoms with Gasteiger partial charge in [0, 0.05) is 5.41 Å². The molecule has 0 spiro atoms. The van der Waals surface area contributed by atoms with Crippen LogP contribution in [0.1, 0.15) is 37.6 Å². The van der Waals surface area contributed by atoms with E-state index in [1.165, 1.54) is 7.11 Å². The van der Waals surface area contributed by atoms with Crippen molar-refractivity contribution < 1.29 is 9.53 Å². The van der Waals surface area contributed by atoms with E-state index in [0.717, 1.165) is 6.42 Å². The lowest BCUT2D eigenvalue weighted by Gasteiger charge is -2.23. The van der Waals surface area contributed by atoms with Crippen molar-refractivity contribution in [3.63, 3.8) is 0 Å². The SMILES string of the molecule is CCC(C)(C)C(=O)c1c(Cl)ccc(Cl)c1OC. The zero-order valence-electron chi connectivity index (χ0n) is 10.4. The number of Topliss-reactive ketones (excluding diaryl/α,β-unsaturated/α-hetero) is 1. The molecule has 0 atom stereocenters. The molecule has 0 amide bonds. The zero-order chi connectivity index (χ0) is 13.2. The van der Waals surface area contributed by atoms with Gasteiger partial charge in [0.2, 0.25) is 0 Å². The van der Waals surface area contributed by atoms with Crippen molar-refractivity contribution in [1.82, 2.24) is 0 Å². The molecule has 1 aromatic carbocycles. The maximum Gasteiger partial charge on any atom is 0.173 e. The van der Waals surface area contributed by atoms with Gasteiger partial charge in [0.25, 0.3) is 0 Å². The molecular weight excluding hydrogens is 259 g/mol. The van der Waals surface area contributed by atoms with E-state index in [1.807, 2.05) is 20.8 Å². The number of carbonyl (C=O) groups excluding carboxylic acids is 1. The van der Waals surface area contributed by atoms with Crippen LogP contribution in [0.3, 0.4) is 0 Å². The van der Waals surface area contributed by atoms with Crippen molar-refractivity contribution in [2.45, 2.75) is 27.2 Å². The lowest BCUT2D eigenvalue weighted by molar-refractivity contribution is 0.0830. The predicted molar refractivity (Wildman–Crippen MR) is 71.4 cm³/mol. The summed E-state index contributed by atoms with van der Waals surface area (Å²) in [6.07, 6.45) is 0.720. The molecule has 0 N–H and O–H groups in total. The Morgan fingerprint density at radius 3 is 2.29 bits per heavy atom. The second-order valence-corrected chi connectivity index (χ2v) is 5.32. The van der Waals surface area contributed by atoms with E-state index in [-0.39, 0.29) is 5.78 Å². The average molecular weight is 275 g/mol. The van der Waals surface area contributed by atoms with Crippen LogP contribution in [0, 0.1) is 5.41 Å². The first-order valence-corrected chi connectivity index (χ1v) is 6.17. The molecular formula is C13H16Cl2O2. The lowest BCUT2D eigenvalue weighted by Crippen LogP contribution is -2.24. The first kappa shape index (κ1) is 14.3. The molecule has 0 saturated heterocycles. The van der Waals surface area contributed by atoms with Crippen LogP contribution in [0.5, 0.6) is 5.75 Å². The first-order chi connectivity index (χ1) is 7.85. The Kier molecular flexibility index (Phi) is 4.45. The van der Waals surface area contributed by atoms with Gasteiger partial charge in [-0.2, -0.15) is 0 Å². The summed E-state index contributed by atoms with van der Waals surface area (Å²) in [5, 5.41) is 0.768. The number of methoxy groups -OCH3 is 1. The van der Waals surface area contributed by atoms with Gasteiger partial charge in [-0.1, -0.05) is 44.0 Å². The first-order valence-electron chi connectivity index (χ1n) is 5.42. The molecule has 0 aliphatic rings. The van der Waals surface area contributed by atoms with Crippen LogP contribution in [0.4, 0.5) is 0 Å². The van der Waals surface area contributed by atoms with Crippen LogP contribution in [-0.4, -0.2) is 12.9 Å². The molecule has 0 fully saturated rings. The third-order valence-corrected chi connectivity index (χ3v) is 3.60.